The Morgan fingerprint density at radius 3 is 2.24 bits per heavy atom. The van der Waals surface area contributed by atoms with Crippen molar-refractivity contribution in [1.29, 1.82) is 0 Å². The lowest BCUT2D eigenvalue weighted by Crippen LogP contribution is -2.31. The number of amides is 1. The Hall–Kier alpha value is -2.55. The molecule has 0 aliphatic heterocycles. The van der Waals surface area contributed by atoms with Crippen molar-refractivity contribution >= 4 is 86.9 Å². The van der Waals surface area contributed by atoms with Gasteiger partial charge in [-0.3, -0.25) is 19.2 Å². The summed E-state index contributed by atoms with van der Waals surface area (Å²) >= 11 is 31.2. The van der Waals surface area contributed by atoms with Crippen molar-refractivity contribution in [2.45, 2.75) is 35.9 Å². The topological polar surface area (TPSA) is 80.3 Å². The molecule has 2 saturated carbocycles. The molecule has 5 rings (SSSR count). The first-order valence-corrected chi connectivity index (χ1v) is 14.6. The van der Waals surface area contributed by atoms with Crippen LogP contribution in [0.2, 0.25) is 15.1 Å². The first kappa shape index (κ1) is 30.9. The van der Waals surface area contributed by atoms with Crippen LogP contribution >= 0.6 is 58.0 Å². The molecule has 0 unspecified atom stereocenters. The molecular formula is C30H20Cl5F2NO4. The summed E-state index contributed by atoms with van der Waals surface area (Å²) in [5, 5.41) is 3.36. The maximum Gasteiger partial charge on any atom is 0.231 e. The van der Waals surface area contributed by atoms with Crippen LogP contribution in [0.4, 0.5) is 14.5 Å². The predicted octanol–water partition coefficient (Wildman–Crippen LogP) is 7.97. The summed E-state index contributed by atoms with van der Waals surface area (Å²) in [6, 6.07) is 11.2. The molecule has 1 N–H and O–H groups in total. The molecule has 0 heterocycles. The molecule has 0 saturated heterocycles. The standard InChI is InChI=1S/C30H20Cl5F2NO4/c31-20-5-3-16(38-29(42)27-26(30(27,34)35)13-1-4-21(32)22(33)9-13)11-18(20)25(41)10-14-2-6-23(36)19(28(14)37)12-24(40)15-7-17(39)8-15/h1-6,9,11,15,26-27H,7-8,10,12H2,(H,38,42)/t26-,27+/m0/s1. The fourth-order valence-electron chi connectivity index (χ4n) is 5.06. The van der Waals surface area contributed by atoms with E-state index in [2.05, 4.69) is 5.32 Å². The van der Waals surface area contributed by atoms with Crippen LogP contribution in [0.25, 0.3) is 0 Å². The Balaban J connectivity index is 1.30. The van der Waals surface area contributed by atoms with E-state index in [0.717, 1.165) is 12.1 Å². The van der Waals surface area contributed by atoms with Crippen molar-refractivity contribution in [3.63, 3.8) is 0 Å². The van der Waals surface area contributed by atoms with E-state index < -0.39 is 69.6 Å². The van der Waals surface area contributed by atoms with E-state index >= 15 is 4.39 Å². The largest absolute Gasteiger partial charge is 0.326 e. The van der Waals surface area contributed by atoms with Crippen LogP contribution in [-0.2, 0) is 27.2 Å². The minimum Gasteiger partial charge on any atom is -0.326 e. The van der Waals surface area contributed by atoms with E-state index in [1.807, 2.05) is 0 Å². The van der Waals surface area contributed by atoms with Gasteiger partial charge in [0.05, 0.1) is 21.0 Å². The molecule has 0 spiro atoms. The number of carbonyl (C=O) groups excluding carboxylic acids is 4. The van der Waals surface area contributed by atoms with E-state index in [0.29, 0.717) is 10.6 Å². The number of alkyl halides is 2. The van der Waals surface area contributed by atoms with E-state index in [9.17, 15) is 23.6 Å². The third-order valence-corrected chi connectivity index (χ3v) is 9.55. The van der Waals surface area contributed by atoms with Crippen molar-refractivity contribution in [2.24, 2.45) is 11.8 Å². The van der Waals surface area contributed by atoms with Gasteiger partial charge in [-0.15, -0.1) is 23.2 Å². The predicted molar refractivity (Wildman–Crippen MR) is 158 cm³/mol. The molecule has 42 heavy (non-hydrogen) atoms. The zero-order chi connectivity index (χ0) is 30.5. The SMILES string of the molecule is O=C1CC(C(=O)Cc2c(F)ccc(CC(=O)c3cc(NC(=O)[C@H]4[C@H](c5ccc(Cl)c(Cl)c5)C4(Cl)Cl)ccc3Cl)c2F)C1. The summed E-state index contributed by atoms with van der Waals surface area (Å²) in [6.45, 7) is 0. The number of nitrogens with one attached hydrogen (secondary N) is 1. The fourth-order valence-corrected chi connectivity index (χ4v) is 6.42. The molecule has 3 aromatic rings. The van der Waals surface area contributed by atoms with Gasteiger partial charge in [0.15, 0.2) is 5.78 Å². The van der Waals surface area contributed by atoms with E-state index in [1.54, 1.807) is 18.2 Å². The summed E-state index contributed by atoms with van der Waals surface area (Å²) in [5.41, 5.74) is 0.255. The van der Waals surface area contributed by atoms with Gasteiger partial charge >= 0.3 is 0 Å². The van der Waals surface area contributed by atoms with Gasteiger partial charge in [0, 0.05) is 54.3 Å². The number of ketones is 3. The minimum atomic E-state index is -1.40. The average Bonchev–Trinajstić information content (AvgIpc) is 3.50. The maximum absolute atomic E-state index is 15.2. The summed E-state index contributed by atoms with van der Waals surface area (Å²) in [5.74, 6) is -5.48. The van der Waals surface area contributed by atoms with E-state index in [-0.39, 0.29) is 45.5 Å². The number of Topliss-reactive ketones (excluding diaryl/α,β-unsaturated/α-hetero) is 3. The van der Waals surface area contributed by atoms with Crippen molar-refractivity contribution in [2.75, 3.05) is 5.32 Å². The highest BCUT2D eigenvalue weighted by Gasteiger charge is 2.67. The molecule has 2 aliphatic rings. The fraction of sp³-hybridized carbons (Fsp3) is 0.267. The molecule has 5 nitrogen and oxygen atoms in total. The molecule has 0 aromatic heterocycles. The maximum atomic E-state index is 15.2. The Morgan fingerprint density at radius 1 is 0.881 bits per heavy atom. The van der Waals surface area contributed by atoms with E-state index in [1.165, 1.54) is 18.2 Å². The molecule has 2 atom stereocenters. The number of anilines is 1. The molecule has 3 aromatic carbocycles. The Labute approximate surface area is 264 Å². The number of hydrogen-bond acceptors (Lipinski definition) is 4. The van der Waals surface area contributed by atoms with Crippen LogP contribution in [0, 0.1) is 23.5 Å². The second-order valence-corrected chi connectivity index (χ2v) is 13.0. The molecule has 0 radical (unpaired) electrons. The number of halogens is 7. The van der Waals surface area contributed by atoms with Crippen LogP contribution in [0.1, 0.15) is 45.8 Å². The first-order valence-electron chi connectivity index (χ1n) is 12.7. The minimum absolute atomic E-state index is 0.0105. The number of rotatable bonds is 9. The van der Waals surface area contributed by atoms with Gasteiger partial charge in [-0.2, -0.15) is 0 Å². The Bertz CT molecular complexity index is 1650. The lowest BCUT2D eigenvalue weighted by Gasteiger charge is -2.22. The quantitative estimate of drug-likeness (QED) is 0.185. The normalized spacial score (nSPS) is 19.3. The smallest absolute Gasteiger partial charge is 0.231 e. The molecule has 218 valence electrons. The van der Waals surface area contributed by atoms with Crippen LogP contribution in [0.15, 0.2) is 48.5 Å². The Morgan fingerprint density at radius 2 is 1.57 bits per heavy atom. The van der Waals surface area contributed by atoms with Crippen LogP contribution < -0.4 is 5.32 Å². The monoisotopic (exact) mass is 671 g/mol. The summed E-state index contributed by atoms with van der Waals surface area (Å²) in [7, 11) is 0. The third-order valence-electron chi connectivity index (χ3n) is 7.54. The summed E-state index contributed by atoms with van der Waals surface area (Å²) < 4.78 is 28.2. The zero-order valence-corrected chi connectivity index (χ0v) is 25.2. The van der Waals surface area contributed by atoms with Gasteiger partial charge in [0.25, 0.3) is 0 Å². The van der Waals surface area contributed by atoms with Gasteiger partial charge < -0.3 is 5.32 Å². The van der Waals surface area contributed by atoms with Crippen molar-refractivity contribution in [1.82, 2.24) is 0 Å². The first-order chi connectivity index (χ1) is 19.8. The second kappa shape index (κ2) is 11.9. The van der Waals surface area contributed by atoms with Gasteiger partial charge in [0.2, 0.25) is 5.91 Å². The lowest BCUT2D eigenvalue weighted by molar-refractivity contribution is -0.136. The molecule has 1 amide bonds. The molecule has 2 fully saturated rings. The molecule has 12 heteroatoms. The summed E-state index contributed by atoms with van der Waals surface area (Å²) in [4.78, 5) is 49.8. The second-order valence-electron chi connectivity index (χ2n) is 10.4. The van der Waals surface area contributed by atoms with Crippen LogP contribution in [-0.4, -0.2) is 27.6 Å². The highest BCUT2D eigenvalue weighted by molar-refractivity contribution is 6.53. The number of carbonyl (C=O) groups is 4. The lowest BCUT2D eigenvalue weighted by atomic mass is 9.79. The van der Waals surface area contributed by atoms with Gasteiger partial charge in [-0.05, 0) is 47.5 Å². The van der Waals surface area contributed by atoms with Gasteiger partial charge in [-0.1, -0.05) is 46.9 Å². The van der Waals surface area contributed by atoms with Gasteiger partial charge in [0.1, 0.15) is 27.5 Å². The zero-order valence-electron chi connectivity index (χ0n) is 21.5. The highest BCUT2D eigenvalue weighted by Crippen LogP contribution is 2.65. The number of benzene rings is 3. The van der Waals surface area contributed by atoms with E-state index in [4.69, 9.17) is 58.0 Å². The summed E-state index contributed by atoms with van der Waals surface area (Å²) in [6.07, 6.45) is -0.869. The third kappa shape index (κ3) is 6.08. The number of hydrogen-bond donors (Lipinski definition) is 1. The molecule has 0 bridgehead atoms. The highest BCUT2D eigenvalue weighted by atomic mass is 35.5. The van der Waals surface area contributed by atoms with Crippen molar-refractivity contribution in [3.8, 4) is 0 Å². The molecule has 2 aliphatic carbocycles. The van der Waals surface area contributed by atoms with Crippen LogP contribution in [0.5, 0.6) is 0 Å². The average molecular weight is 674 g/mol. The molecular weight excluding hydrogens is 654 g/mol. The van der Waals surface area contributed by atoms with Crippen LogP contribution in [0.3, 0.4) is 0 Å². The van der Waals surface area contributed by atoms with Crippen molar-refractivity contribution in [3.05, 3.63) is 97.5 Å². The Kier molecular flexibility index (Phi) is 8.72. The van der Waals surface area contributed by atoms with Crippen molar-refractivity contribution < 1.29 is 28.0 Å². The van der Waals surface area contributed by atoms with Gasteiger partial charge in [-0.25, -0.2) is 8.78 Å².